The van der Waals surface area contributed by atoms with Crippen LogP contribution in [0.4, 0.5) is 5.82 Å². The van der Waals surface area contributed by atoms with Gasteiger partial charge in [-0.2, -0.15) is 5.10 Å². The average molecular weight is 277 g/mol. The van der Waals surface area contributed by atoms with E-state index in [0.29, 0.717) is 24.8 Å². The van der Waals surface area contributed by atoms with Crippen LogP contribution in [-0.4, -0.2) is 31.9 Å². The minimum Gasteiger partial charge on any atom is -0.461 e. The summed E-state index contributed by atoms with van der Waals surface area (Å²) in [4.78, 5) is 15.9. The Hall–Kier alpha value is -2.31. The second-order valence-electron chi connectivity index (χ2n) is 4.54. The minimum atomic E-state index is -0.478. The van der Waals surface area contributed by atoms with E-state index >= 15 is 0 Å². The van der Waals surface area contributed by atoms with Crippen molar-refractivity contribution < 1.29 is 9.53 Å². The molecule has 0 amide bonds. The third kappa shape index (κ3) is 2.81. The van der Waals surface area contributed by atoms with Crippen LogP contribution in [0.15, 0.2) is 12.4 Å². The molecule has 2 heterocycles. The van der Waals surface area contributed by atoms with E-state index in [2.05, 4.69) is 10.1 Å². The van der Waals surface area contributed by atoms with Crippen molar-refractivity contribution in [3.05, 3.63) is 29.5 Å². The van der Waals surface area contributed by atoms with Gasteiger partial charge in [0.25, 0.3) is 0 Å². The lowest BCUT2D eigenvalue weighted by Gasteiger charge is -2.06. The van der Waals surface area contributed by atoms with Gasteiger partial charge in [-0.3, -0.25) is 4.68 Å². The zero-order valence-corrected chi connectivity index (χ0v) is 12.0. The lowest BCUT2D eigenvalue weighted by atomic mass is 10.2. The van der Waals surface area contributed by atoms with Crippen LogP contribution in [0.5, 0.6) is 0 Å². The SMILES string of the molecule is CCOC(=O)c1nc(C)n(CCc2cnn(C)c2)c1N. The van der Waals surface area contributed by atoms with Crippen LogP contribution in [-0.2, 0) is 24.8 Å². The molecule has 0 spiro atoms. The monoisotopic (exact) mass is 277 g/mol. The Kier molecular flexibility index (Phi) is 4.07. The number of aryl methyl sites for hydroxylation is 3. The Morgan fingerprint density at radius 1 is 1.50 bits per heavy atom. The third-order valence-corrected chi connectivity index (χ3v) is 3.05. The molecule has 0 aliphatic heterocycles. The molecule has 20 heavy (non-hydrogen) atoms. The Bertz CT molecular complexity index is 614. The highest BCUT2D eigenvalue weighted by Crippen LogP contribution is 2.16. The highest BCUT2D eigenvalue weighted by Gasteiger charge is 2.19. The number of imidazole rings is 1. The highest BCUT2D eigenvalue weighted by molar-refractivity contribution is 5.92. The summed E-state index contributed by atoms with van der Waals surface area (Å²) in [5.74, 6) is 0.576. The lowest BCUT2D eigenvalue weighted by molar-refractivity contribution is 0.0521. The predicted molar refractivity (Wildman–Crippen MR) is 74.2 cm³/mol. The zero-order valence-electron chi connectivity index (χ0n) is 12.0. The molecule has 2 N–H and O–H groups in total. The molecule has 0 aliphatic carbocycles. The van der Waals surface area contributed by atoms with Crippen molar-refractivity contribution in [3.63, 3.8) is 0 Å². The molecule has 2 aromatic rings. The molecule has 2 aromatic heterocycles. The van der Waals surface area contributed by atoms with Gasteiger partial charge in [-0.05, 0) is 25.8 Å². The Morgan fingerprint density at radius 2 is 2.25 bits per heavy atom. The normalized spacial score (nSPS) is 10.8. The molecule has 0 bridgehead atoms. The summed E-state index contributed by atoms with van der Waals surface area (Å²) < 4.78 is 8.51. The van der Waals surface area contributed by atoms with Gasteiger partial charge >= 0.3 is 5.97 Å². The zero-order chi connectivity index (χ0) is 14.7. The average Bonchev–Trinajstić information content (AvgIpc) is 2.92. The smallest absolute Gasteiger partial charge is 0.360 e. The first kappa shape index (κ1) is 14.1. The van der Waals surface area contributed by atoms with Gasteiger partial charge in [0.2, 0.25) is 0 Å². The van der Waals surface area contributed by atoms with E-state index in [1.54, 1.807) is 11.6 Å². The number of carbonyl (C=O) groups is 1. The van der Waals surface area contributed by atoms with Crippen LogP contribution in [0.1, 0.15) is 28.8 Å². The van der Waals surface area contributed by atoms with Gasteiger partial charge in [0, 0.05) is 19.8 Å². The number of esters is 1. The molecule has 0 fully saturated rings. The summed E-state index contributed by atoms with van der Waals surface area (Å²) in [6, 6.07) is 0. The first-order valence-electron chi connectivity index (χ1n) is 6.50. The Labute approximate surface area is 117 Å². The summed E-state index contributed by atoms with van der Waals surface area (Å²) in [6.45, 7) is 4.53. The molecule has 7 heteroatoms. The first-order valence-corrected chi connectivity index (χ1v) is 6.50. The molecule has 0 aliphatic rings. The van der Waals surface area contributed by atoms with Crippen LogP contribution >= 0.6 is 0 Å². The van der Waals surface area contributed by atoms with E-state index in [1.165, 1.54) is 0 Å². The Morgan fingerprint density at radius 3 is 2.85 bits per heavy atom. The second kappa shape index (κ2) is 5.77. The third-order valence-electron chi connectivity index (χ3n) is 3.05. The summed E-state index contributed by atoms with van der Waals surface area (Å²) in [6.07, 6.45) is 4.54. The fourth-order valence-corrected chi connectivity index (χ4v) is 2.06. The molecular weight excluding hydrogens is 258 g/mol. The van der Waals surface area contributed by atoms with Gasteiger partial charge in [0.1, 0.15) is 11.6 Å². The lowest BCUT2D eigenvalue weighted by Crippen LogP contribution is -2.11. The van der Waals surface area contributed by atoms with Gasteiger partial charge in [-0.15, -0.1) is 0 Å². The molecule has 0 saturated heterocycles. The summed E-state index contributed by atoms with van der Waals surface area (Å²) in [5, 5.41) is 4.12. The quantitative estimate of drug-likeness (QED) is 0.821. The topological polar surface area (TPSA) is 88.0 Å². The standard InChI is InChI=1S/C13H19N5O2/c1-4-20-13(19)11-12(14)18(9(2)16-11)6-5-10-7-15-17(3)8-10/h7-8H,4-6,14H2,1-3H3. The number of aromatic nitrogens is 4. The number of nitrogens with zero attached hydrogens (tertiary/aromatic N) is 4. The maximum atomic E-state index is 11.7. The van der Waals surface area contributed by atoms with Crippen molar-refractivity contribution in [1.82, 2.24) is 19.3 Å². The van der Waals surface area contributed by atoms with Crippen LogP contribution in [0.25, 0.3) is 0 Å². The van der Waals surface area contributed by atoms with Crippen molar-refractivity contribution in [2.75, 3.05) is 12.3 Å². The van der Waals surface area contributed by atoms with Crippen molar-refractivity contribution in [3.8, 4) is 0 Å². The highest BCUT2D eigenvalue weighted by atomic mass is 16.5. The number of hydrogen-bond donors (Lipinski definition) is 1. The van der Waals surface area contributed by atoms with Crippen molar-refractivity contribution in [1.29, 1.82) is 0 Å². The van der Waals surface area contributed by atoms with Crippen LogP contribution < -0.4 is 5.73 Å². The second-order valence-corrected chi connectivity index (χ2v) is 4.54. The number of rotatable bonds is 5. The summed E-state index contributed by atoms with van der Waals surface area (Å²) >= 11 is 0. The van der Waals surface area contributed by atoms with Gasteiger partial charge in [-0.1, -0.05) is 0 Å². The molecule has 0 radical (unpaired) electrons. The maximum absolute atomic E-state index is 11.7. The van der Waals surface area contributed by atoms with Crippen LogP contribution in [0.2, 0.25) is 0 Å². The van der Waals surface area contributed by atoms with E-state index in [0.717, 1.165) is 12.0 Å². The molecule has 0 saturated carbocycles. The molecule has 0 aromatic carbocycles. The number of carbonyl (C=O) groups excluding carboxylic acids is 1. The summed E-state index contributed by atoms with van der Waals surface area (Å²) in [5.41, 5.74) is 7.28. The van der Waals surface area contributed by atoms with Gasteiger partial charge in [-0.25, -0.2) is 9.78 Å². The van der Waals surface area contributed by atoms with E-state index < -0.39 is 5.97 Å². The van der Waals surface area contributed by atoms with Crippen molar-refractivity contribution in [2.45, 2.75) is 26.8 Å². The fraction of sp³-hybridized carbons (Fsp3) is 0.462. The molecule has 0 unspecified atom stereocenters. The molecule has 2 rings (SSSR count). The summed E-state index contributed by atoms with van der Waals surface area (Å²) in [7, 11) is 1.87. The fourth-order valence-electron chi connectivity index (χ4n) is 2.06. The van der Waals surface area contributed by atoms with E-state index in [-0.39, 0.29) is 5.69 Å². The molecular formula is C13H19N5O2. The predicted octanol–water partition coefficient (Wildman–Crippen LogP) is 0.927. The van der Waals surface area contributed by atoms with E-state index in [4.69, 9.17) is 10.5 Å². The van der Waals surface area contributed by atoms with Crippen molar-refractivity contribution >= 4 is 11.8 Å². The van der Waals surface area contributed by atoms with Crippen LogP contribution in [0.3, 0.4) is 0 Å². The van der Waals surface area contributed by atoms with E-state index in [9.17, 15) is 4.79 Å². The van der Waals surface area contributed by atoms with Crippen molar-refractivity contribution in [2.24, 2.45) is 7.05 Å². The molecule has 108 valence electrons. The van der Waals surface area contributed by atoms with Gasteiger partial charge in [0.15, 0.2) is 5.69 Å². The first-order chi connectivity index (χ1) is 9.52. The number of hydrogen-bond acceptors (Lipinski definition) is 5. The maximum Gasteiger partial charge on any atom is 0.360 e. The minimum absolute atomic E-state index is 0.190. The molecule has 7 nitrogen and oxygen atoms in total. The van der Waals surface area contributed by atoms with Gasteiger partial charge < -0.3 is 15.0 Å². The number of nitrogen functional groups attached to an aromatic ring is 1. The molecule has 0 atom stereocenters. The van der Waals surface area contributed by atoms with E-state index in [1.807, 2.05) is 30.9 Å². The Balaban J connectivity index is 2.14. The number of nitrogens with two attached hydrogens (primary N) is 1. The van der Waals surface area contributed by atoms with Crippen LogP contribution in [0, 0.1) is 6.92 Å². The van der Waals surface area contributed by atoms with Gasteiger partial charge in [0.05, 0.1) is 12.8 Å². The largest absolute Gasteiger partial charge is 0.461 e. The number of anilines is 1. The number of ether oxygens (including phenoxy) is 1.